The average Bonchev–Trinajstić information content (AvgIpc) is 1.43. The molecule has 0 bridgehead atoms. The molecule has 0 N–H and O–H groups in total. The van der Waals surface area contributed by atoms with Gasteiger partial charge in [0.15, 0.2) is 0 Å². The SMILES string of the molecule is CC(C)(C)c1cc(-c2ccc3c(c2)Oc2cc(-n4c5ccc(C(C)(C)C)cc5c5cc(C(C)(C)C)ccc54)cc4c2B3c2ccc(-c3cccc5c3C(c3ccccc3)(c3ccccc3)c3ccccc3-5)cc2N4c2c(-c3ccccc3)cc(C(C)(C)C)cc2-c2ccccc2)cc(C(C)(C)C)c1. The number of aromatic nitrogens is 1. The summed E-state index contributed by atoms with van der Waals surface area (Å²) in [6.07, 6.45) is 0. The molecule has 14 aromatic rings. The molecule has 3 nitrogen and oxygen atoms in total. The van der Waals surface area contributed by atoms with E-state index in [1.165, 1.54) is 88.6 Å². The van der Waals surface area contributed by atoms with Crippen LogP contribution in [0.5, 0.6) is 11.5 Å². The van der Waals surface area contributed by atoms with Crippen LogP contribution in [0.2, 0.25) is 0 Å². The van der Waals surface area contributed by atoms with Crippen molar-refractivity contribution in [2.24, 2.45) is 0 Å². The Morgan fingerprint density at radius 1 is 0.311 bits per heavy atom. The number of anilines is 3. The van der Waals surface area contributed by atoms with Crippen molar-refractivity contribution in [3.8, 4) is 72.8 Å². The summed E-state index contributed by atoms with van der Waals surface area (Å²) in [5.74, 6) is 1.71. The highest BCUT2D eigenvalue weighted by Crippen LogP contribution is 2.60. The molecule has 13 aromatic carbocycles. The molecule has 0 unspecified atom stereocenters. The van der Waals surface area contributed by atoms with Gasteiger partial charge < -0.3 is 14.2 Å². The highest BCUT2D eigenvalue weighted by molar-refractivity contribution is 6.99. The molecule has 0 fully saturated rings. The van der Waals surface area contributed by atoms with Crippen molar-refractivity contribution in [3.05, 3.63) is 329 Å². The van der Waals surface area contributed by atoms with E-state index in [1.54, 1.807) is 0 Å². The van der Waals surface area contributed by atoms with Crippen molar-refractivity contribution in [2.45, 2.75) is 136 Å². The van der Waals surface area contributed by atoms with Gasteiger partial charge in [-0.25, -0.2) is 0 Å². The molecule has 3 aliphatic rings. The van der Waals surface area contributed by atoms with Crippen LogP contribution in [-0.4, -0.2) is 11.3 Å². The second-order valence-corrected chi connectivity index (χ2v) is 34.5. The van der Waals surface area contributed by atoms with Gasteiger partial charge in [0, 0.05) is 39.3 Å². The second kappa shape index (κ2) is 23.7. The van der Waals surface area contributed by atoms with Crippen LogP contribution in [0, 0.1) is 0 Å². The molecule has 1 aromatic heterocycles. The number of nitrogens with zero attached hydrogens (tertiary/aromatic N) is 2. The number of rotatable bonds is 8. The van der Waals surface area contributed by atoms with Crippen LogP contribution >= 0.6 is 0 Å². The van der Waals surface area contributed by atoms with Gasteiger partial charge in [-0.3, -0.25) is 0 Å². The quantitative estimate of drug-likeness (QED) is 0.141. The third-order valence-electron chi connectivity index (χ3n) is 22.7. The zero-order valence-electron chi connectivity index (χ0n) is 62.4. The summed E-state index contributed by atoms with van der Waals surface area (Å²) in [6, 6.07) is 107. The van der Waals surface area contributed by atoms with Gasteiger partial charge in [0.05, 0.1) is 27.8 Å². The Morgan fingerprint density at radius 3 is 1.33 bits per heavy atom. The van der Waals surface area contributed by atoms with Gasteiger partial charge in [0.1, 0.15) is 11.5 Å². The van der Waals surface area contributed by atoms with Gasteiger partial charge >= 0.3 is 0 Å². The zero-order chi connectivity index (χ0) is 71.4. The minimum absolute atomic E-state index is 0.0688. The molecule has 0 saturated heterocycles. The summed E-state index contributed by atoms with van der Waals surface area (Å²) in [6.45, 7) is 34.8. The van der Waals surface area contributed by atoms with E-state index in [9.17, 15) is 0 Å². The van der Waals surface area contributed by atoms with Crippen LogP contribution in [0.15, 0.2) is 279 Å². The molecule has 2 aliphatic heterocycles. The Morgan fingerprint density at radius 2 is 0.786 bits per heavy atom. The maximum absolute atomic E-state index is 7.91. The lowest BCUT2D eigenvalue weighted by molar-refractivity contribution is 0.487. The van der Waals surface area contributed by atoms with Crippen LogP contribution in [0.3, 0.4) is 0 Å². The topological polar surface area (TPSA) is 17.4 Å². The fourth-order valence-corrected chi connectivity index (χ4v) is 17.1. The van der Waals surface area contributed by atoms with Crippen LogP contribution in [0.25, 0.3) is 83.1 Å². The summed E-state index contributed by atoms with van der Waals surface area (Å²) in [4.78, 5) is 2.69. The van der Waals surface area contributed by atoms with Gasteiger partial charge in [0.25, 0.3) is 6.71 Å². The Kier molecular flexibility index (Phi) is 15.1. The molecule has 4 heteroatoms. The first kappa shape index (κ1) is 65.6. The summed E-state index contributed by atoms with van der Waals surface area (Å²) in [5.41, 5.74) is 32.3. The van der Waals surface area contributed by atoms with Crippen LogP contribution < -0.4 is 26.0 Å². The first-order chi connectivity index (χ1) is 49.2. The minimum Gasteiger partial charge on any atom is -0.458 e. The standard InChI is InChI=1S/C99H91BN2O/c1-94(2,3)69-45-49-85-80(56-69)81-57-70(95(4,5)6)46-50-86(81)101(85)74-60-88-92-90(61-74)103-89-54-64(66-51-71(96(7,8)9)55-72(52-66)97(10,11)12)43-48-84(89)100(92)83-47-44-65(53-87(83)102(88)93-78(62-31-20-16-21-32-62)58-73(98(13,14)15)59-79(93)63-33-22-17-23-34-63)75-40-30-41-77-76-39-28-29-42-82(76)99(91(75)77,67-35-24-18-25-36-67)68-37-26-19-27-38-68/h16-61H,1-15H3. The second-order valence-electron chi connectivity index (χ2n) is 34.5. The summed E-state index contributed by atoms with van der Waals surface area (Å²) < 4.78 is 10.4. The fraction of sp³-hybridized carbons (Fsp3) is 0.212. The predicted octanol–water partition coefficient (Wildman–Crippen LogP) is 24.7. The van der Waals surface area contributed by atoms with E-state index in [1.807, 2.05) is 0 Å². The van der Waals surface area contributed by atoms with Crippen molar-refractivity contribution in [1.82, 2.24) is 4.57 Å². The summed E-state index contributed by atoms with van der Waals surface area (Å²) >= 11 is 0. The Hall–Kier alpha value is -10.7. The molecule has 17 rings (SSSR count). The van der Waals surface area contributed by atoms with E-state index >= 15 is 0 Å². The monoisotopic (exact) mass is 1330 g/mol. The highest BCUT2D eigenvalue weighted by atomic mass is 16.5. The van der Waals surface area contributed by atoms with Gasteiger partial charge in [-0.1, -0.05) is 322 Å². The van der Waals surface area contributed by atoms with E-state index in [-0.39, 0.29) is 33.8 Å². The molecular weight excluding hydrogens is 1240 g/mol. The van der Waals surface area contributed by atoms with Crippen molar-refractivity contribution in [3.63, 3.8) is 0 Å². The maximum Gasteiger partial charge on any atom is 0.256 e. The molecule has 3 heterocycles. The molecule has 0 spiro atoms. The average molecular weight is 1340 g/mol. The molecule has 0 radical (unpaired) electrons. The first-order valence-corrected chi connectivity index (χ1v) is 37.1. The summed E-state index contributed by atoms with van der Waals surface area (Å²) in [5, 5.41) is 2.48. The smallest absolute Gasteiger partial charge is 0.256 e. The molecule has 506 valence electrons. The van der Waals surface area contributed by atoms with E-state index < -0.39 is 5.41 Å². The largest absolute Gasteiger partial charge is 0.458 e. The fourth-order valence-electron chi connectivity index (χ4n) is 17.1. The normalized spacial score (nSPS) is 13.9. The summed E-state index contributed by atoms with van der Waals surface area (Å²) in [7, 11) is 0. The van der Waals surface area contributed by atoms with E-state index in [0.29, 0.717) is 0 Å². The highest BCUT2D eigenvalue weighted by Gasteiger charge is 2.49. The van der Waals surface area contributed by atoms with Crippen LogP contribution in [0.1, 0.15) is 154 Å². The third kappa shape index (κ3) is 10.8. The van der Waals surface area contributed by atoms with E-state index in [2.05, 4.69) is 392 Å². The molecule has 0 amide bonds. The van der Waals surface area contributed by atoms with Crippen molar-refractivity contribution >= 4 is 62.0 Å². The zero-order valence-corrected chi connectivity index (χ0v) is 62.4. The van der Waals surface area contributed by atoms with Crippen molar-refractivity contribution in [2.75, 3.05) is 4.90 Å². The number of benzene rings is 13. The number of ether oxygens (including phenoxy) is 1. The van der Waals surface area contributed by atoms with Gasteiger partial charge in [-0.15, -0.1) is 0 Å². The lowest BCUT2D eigenvalue weighted by atomic mass is 9.34. The van der Waals surface area contributed by atoms with Crippen molar-refractivity contribution < 1.29 is 4.74 Å². The van der Waals surface area contributed by atoms with E-state index in [4.69, 9.17) is 4.74 Å². The Balaban J connectivity index is 1.02. The Bertz CT molecular complexity index is 5520. The van der Waals surface area contributed by atoms with Crippen molar-refractivity contribution in [1.29, 1.82) is 0 Å². The number of hydrogen-bond acceptors (Lipinski definition) is 2. The molecule has 103 heavy (non-hydrogen) atoms. The first-order valence-electron chi connectivity index (χ1n) is 37.1. The van der Waals surface area contributed by atoms with Crippen LogP contribution in [0.4, 0.5) is 17.1 Å². The van der Waals surface area contributed by atoms with Gasteiger partial charge in [0.2, 0.25) is 0 Å². The lowest BCUT2D eigenvalue weighted by Gasteiger charge is -2.42. The number of hydrogen-bond donors (Lipinski definition) is 0. The molecule has 1 aliphatic carbocycles. The number of fused-ring (bicyclic) bond motifs is 10. The molecule has 0 saturated carbocycles. The van der Waals surface area contributed by atoms with Gasteiger partial charge in [-0.2, -0.15) is 0 Å². The van der Waals surface area contributed by atoms with Crippen LogP contribution in [-0.2, 0) is 32.5 Å². The Labute approximate surface area is 610 Å². The molecular formula is C99H91BN2O. The third-order valence-corrected chi connectivity index (χ3v) is 22.7. The van der Waals surface area contributed by atoms with Gasteiger partial charge in [-0.05, 0) is 193 Å². The molecule has 0 atom stereocenters. The maximum atomic E-state index is 7.91. The van der Waals surface area contributed by atoms with E-state index in [0.717, 1.165) is 89.6 Å². The predicted molar refractivity (Wildman–Crippen MR) is 439 cm³/mol. The lowest BCUT2D eigenvalue weighted by Crippen LogP contribution is -2.59. The minimum atomic E-state index is -0.651.